The number of nitrogens with one attached hydrogen (secondary N) is 1. The number of hydrogen-bond donors (Lipinski definition) is 1. The number of amides is 2. The minimum atomic E-state index is -0.404. The molecule has 8 heteroatoms. The highest BCUT2D eigenvalue weighted by atomic mass is 32.1. The summed E-state index contributed by atoms with van der Waals surface area (Å²) in [5, 5.41) is 11.9. The van der Waals surface area contributed by atoms with Crippen molar-refractivity contribution in [1.82, 2.24) is 10.2 Å². The zero-order valence-electron chi connectivity index (χ0n) is 14.1. The molecule has 2 amide bonds. The number of carbonyl (C=O) groups is 2. The molecule has 1 aliphatic heterocycles. The van der Waals surface area contributed by atoms with E-state index in [1.807, 2.05) is 30.3 Å². The fraction of sp³-hybridized carbons (Fsp3) is 0.158. The van der Waals surface area contributed by atoms with Gasteiger partial charge in [0.25, 0.3) is 5.91 Å². The zero-order valence-corrected chi connectivity index (χ0v) is 14.9. The molecule has 1 saturated heterocycles. The highest BCUT2D eigenvalue weighted by Crippen LogP contribution is 2.34. The van der Waals surface area contributed by atoms with E-state index in [9.17, 15) is 14.0 Å². The SMILES string of the molecule is O=C(Nc1nnc([C@H]2CC(=O)N(c3ccccc3)C2)s1)c1ccc(F)cc1. The van der Waals surface area contributed by atoms with Crippen LogP contribution < -0.4 is 10.2 Å². The van der Waals surface area contributed by atoms with E-state index < -0.39 is 5.82 Å². The van der Waals surface area contributed by atoms with Crippen molar-refractivity contribution in [2.24, 2.45) is 0 Å². The Hall–Kier alpha value is -3.13. The Kier molecular flexibility index (Phi) is 4.64. The fourth-order valence-electron chi connectivity index (χ4n) is 2.95. The standard InChI is InChI=1S/C19H15FN4O2S/c20-14-8-6-12(7-9-14)17(26)21-19-23-22-18(27-19)13-10-16(25)24(11-13)15-4-2-1-3-5-15/h1-9,13H,10-11H2,(H,21,23,26)/t13-/m0/s1. The molecule has 1 aliphatic rings. The van der Waals surface area contributed by atoms with Gasteiger partial charge in [-0.15, -0.1) is 10.2 Å². The first-order valence-corrected chi connectivity index (χ1v) is 9.17. The summed E-state index contributed by atoms with van der Waals surface area (Å²) in [6, 6.07) is 14.7. The quantitative estimate of drug-likeness (QED) is 0.750. The average molecular weight is 382 g/mol. The fourth-order valence-corrected chi connectivity index (χ4v) is 3.78. The molecule has 1 fully saturated rings. The summed E-state index contributed by atoms with van der Waals surface area (Å²) in [6.07, 6.45) is 0.357. The third-order valence-electron chi connectivity index (χ3n) is 4.31. The van der Waals surface area contributed by atoms with Gasteiger partial charge >= 0.3 is 0 Å². The summed E-state index contributed by atoms with van der Waals surface area (Å²) in [5.74, 6) is -0.810. The number of para-hydroxylation sites is 1. The summed E-state index contributed by atoms with van der Waals surface area (Å²) in [4.78, 5) is 26.3. The van der Waals surface area contributed by atoms with Gasteiger partial charge in [-0.1, -0.05) is 29.5 Å². The van der Waals surface area contributed by atoms with E-state index in [2.05, 4.69) is 15.5 Å². The molecule has 27 heavy (non-hydrogen) atoms. The predicted molar refractivity (Wildman–Crippen MR) is 100 cm³/mol. The van der Waals surface area contributed by atoms with Crippen molar-refractivity contribution >= 4 is 34.0 Å². The van der Waals surface area contributed by atoms with Crippen LogP contribution in [0.2, 0.25) is 0 Å². The molecule has 1 aromatic heterocycles. The van der Waals surface area contributed by atoms with Crippen molar-refractivity contribution < 1.29 is 14.0 Å². The van der Waals surface area contributed by atoms with E-state index in [4.69, 9.17) is 0 Å². The van der Waals surface area contributed by atoms with Gasteiger partial charge in [0, 0.05) is 30.1 Å². The van der Waals surface area contributed by atoms with Crippen molar-refractivity contribution in [3.05, 3.63) is 71.0 Å². The Labute approximate surface area is 158 Å². The lowest BCUT2D eigenvalue weighted by molar-refractivity contribution is -0.117. The van der Waals surface area contributed by atoms with Gasteiger partial charge in [0.15, 0.2) is 0 Å². The van der Waals surface area contributed by atoms with Crippen molar-refractivity contribution in [1.29, 1.82) is 0 Å². The maximum absolute atomic E-state index is 13.0. The largest absolute Gasteiger partial charge is 0.312 e. The van der Waals surface area contributed by atoms with E-state index >= 15 is 0 Å². The Morgan fingerprint density at radius 3 is 2.59 bits per heavy atom. The lowest BCUT2D eigenvalue weighted by Crippen LogP contribution is -2.24. The summed E-state index contributed by atoms with van der Waals surface area (Å²) in [5.41, 5.74) is 1.19. The minimum absolute atomic E-state index is 0.0401. The highest BCUT2D eigenvalue weighted by molar-refractivity contribution is 7.15. The summed E-state index contributed by atoms with van der Waals surface area (Å²) < 4.78 is 13.0. The molecule has 0 saturated carbocycles. The maximum Gasteiger partial charge on any atom is 0.257 e. The summed E-state index contributed by atoms with van der Waals surface area (Å²) in [6.45, 7) is 0.531. The number of aromatic nitrogens is 2. The van der Waals surface area contributed by atoms with Gasteiger partial charge in [-0.2, -0.15) is 0 Å². The zero-order chi connectivity index (χ0) is 18.8. The smallest absolute Gasteiger partial charge is 0.257 e. The second kappa shape index (κ2) is 7.24. The lowest BCUT2D eigenvalue weighted by atomic mass is 10.1. The molecule has 3 aromatic rings. The third-order valence-corrected chi connectivity index (χ3v) is 5.31. The number of hydrogen-bond acceptors (Lipinski definition) is 5. The number of carbonyl (C=O) groups excluding carboxylic acids is 2. The number of rotatable bonds is 4. The van der Waals surface area contributed by atoms with Gasteiger partial charge in [0.2, 0.25) is 11.0 Å². The van der Waals surface area contributed by atoms with Crippen LogP contribution in [0.4, 0.5) is 15.2 Å². The molecule has 1 atom stereocenters. The van der Waals surface area contributed by atoms with Crippen molar-refractivity contribution in [2.75, 3.05) is 16.8 Å². The number of halogens is 1. The number of nitrogens with zero attached hydrogens (tertiary/aromatic N) is 3. The van der Waals surface area contributed by atoms with Gasteiger partial charge in [-0.3, -0.25) is 14.9 Å². The molecule has 1 N–H and O–H groups in total. The molecule has 0 aliphatic carbocycles. The van der Waals surface area contributed by atoms with Crippen LogP contribution in [0.15, 0.2) is 54.6 Å². The molecule has 136 valence electrons. The first-order chi connectivity index (χ1) is 13.1. The number of anilines is 2. The highest BCUT2D eigenvalue weighted by Gasteiger charge is 2.33. The lowest BCUT2D eigenvalue weighted by Gasteiger charge is -2.15. The topological polar surface area (TPSA) is 75.2 Å². The van der Waals surface area contributed by atoms with Crippen LogP contribution in [0.3, 0.4) is 0 Å². The van der Waals surface area contributed by atoms with Gasteiger partial charge in [0.05, 0.1) is 0 Å². The third kappa shape index (κ3) is 3.70. The maximum atomic E-state index is 13.0. The molecule has 0 spiro atoms. The van der Waals surface area contributed by atoms with Crippen molar-refractivity contribution in [3.63, 3.8) is 0 Å². The van der Waals surface area contributed by atoms with Gasteiger partial charge in [-0.05, 0) is 36.4 Å². The number of benzene rings is 2. The molecular formula is C19H15FN4O2S. The van der Waals surface area contributed by atoms with Crippen LogP contribution in [-0.2, 0) is 4.79 Å². The van der Waals surface area contributed by atoms with Crippen LogP contribution >= 0.6 is 11.3 Å². The summed E-state index contributed by atoms with van der Waals surface area (Å²) >= 11 is 1.25. The van der Waals surface area contributed by atoms with Crippen LogP contribution in [-0.4, -0.2) is 28.6 Å². The van der Waals surface area contributed by atoms with Crippen LogP contribution in [0.25, 0.3) is 0 Å². The normalized spacial score (nSPS) is 16.6. The minimum Gasteiger partial charge on any atom is -0.312 e. The van der Waals surface area contributed by atoms with E-state index in [0.717, 1.165) is 5.69 Å². The van der Waals surface area contributed by atoms with E-state index in [1.54, 1.807) is 4.90 Å². The van der Waals surface area contributed by atoms with E-state index in [0.29, 0.717) is 28.7 Å². The van der Waals surface area contributed by atoms with Gasteiger partial charge in [0.1, 0.15) is 10.8 Å². The van der Waals surface area contributed by atoms with Crippen LogP contribution in [0.1, 0.15) is 27.7 Å². The molecule has 0 radical (unpaired) electrons. The second-order valence-electron chi connectivity index (χ2n) is 6.15. The van der Waals surface area contributed by atoms with Crippen LogP contribution in [0.5, 0.6) is 0 Å². The average Bonchev–Trinajstić information content (AvgIpc) is 3.29. The van der Waals surface area contributed by atoms with Gasteiger partial charge in [-0.25, -0.2) is 4.39 Å². The molecule has 0 unspecified atom stereocenters. The summed E-state index contributed by atoms with van der Waals surface area (Å²) in [7, 11) is 0. The van der Waals surface area contributed by atoms with Gasteiger partial charge < -0.3 is 4.90 Å². The Morgan fingerprint density at radius 1 is 1.11 bits per heavy atom. The molecule has 4 rings (SSSR count). The molecule has 2 aromatic carbocycles. The second-order valence-corrected chi connectivity index (χ2v) is 7.16. The Morgan fingerprint density at radius 2 is 1.85 bits per heavy atom. The Bertz CT molecular complexity index is 975. The molecule has 2 heterocycles. The monoisotopic (exact) mass is 382 g/mol. The van der Waals surface area contributed by atoms with E-state index in [-0.39, 0.29) is 17.7 Å². The first-order valence-electron chi connectivity index (χ1n) is 8.36. The van der Waals surface area contributed by atoms with Crippen LogP contribution in [0, 0.1) is 5.82 Å². The van der Waals surface area contributed by atoms with Crippen molar-refractivity contribution in [2.45, 2.75) is 12.3 Å². The predicted octanol–water partition coefficient (Wildman–Crippen LogP) is 3.45. The first kappa shape index (κ1) is 17.3. The molecule has 0 bridgehead atoms. The Balaban J connectivity index is 1.44. The molecule has 6 nitrogen and oxygen atoms in total. The van der Waals surface area contributed by atoms with Crippen molar-refractivity contribution in [3.8, 4) is 0 Å². The molecular weight excluding hydrogens is 367 g/mol. The van der Waals surface area contributed by atoms with E-state index in [1.165, 1.54) is 35.6 Å².